The summed E-state index contributed by atoms with van der Waals surface area (Å²) in [4.78, 5) is 0. The van der Waals surface area contributed by atoms with Gasteiger partial charge in [-0.05, 0) is 24.4 Å². The van der Waals surface area contributed by atoms with Crippen molar-refractivity contribution < 1.29 is 19.0 Å². The number of hydrogen-bond donors (Lipinski definition) is 3. The summed E-state index contributed by atoms with van der Waals surface area (Å²) in [7, 11) is -0.704. The Morgan fingerprint density at radius 1 is 0.969 bits per heavy atom. The van der Waals surface area contributed by atoms with Crippen LogP contribution in [0, 0.1) is 0 Å². The Morgan fingerprint density at radius 3 is 2.00 bits per heavy atom. The molecule has 0 radical (unpaired) electrons. The lowest BCUT2D eigenvalue weighted by molar-refractivity contribution is -0.192. The van der Waals surface area contributed by atoms with E-state index in [0.717, 1.165) is 12.8 Å². The molecule has 3 unspecified atom stereocenters. The summed E-state index contributed by atoms with van der Waals surface area (Å²) in [5, 5.41) is 10.6. The van der Waals surface area contributed by atoms with Crippen LogP contribution in [0.5, 0.6) is 0 Å². The molecule has 0 aromatic rings. The average Bonchev–Trinajstić information content (AvgIpc) is 2.74. The van der Waals surface area contributed by atoms with Crippen molar-refractivity contribution in [1.82, 2.24) is 0 Å². The number of aliphatic hydroxyl groups excluding tert-OH is 1. The second-order valence-electron chi connectivity index (χ2n) is 10.5. The Hall–Kier alpha value is -0.0231. The predicted octanol–water partition coefficient (Wildman–Crippen LogP) is 4.66. The highest BCUT2D eigenvalue weighted by Gasteiger charge is 2.49. The largest absolute Gasteiger partial charge is 0.412 e. The zero-order valence-electron chi connectivity index (χ0n) is 22.0. The molecule has 0 aliphatic carbocycles. The van der Waals surface area contributed by atoms with Crippen molar-refractivity contribution >= 4 is 8.32 Å². The molecule has 1 rings (SSSR count). The Kier molecular flexibility index (Phi) is 14.1. The molecule has 0 aromatic heterocycles. The molecule has 1 heterocycles. The van der Waals surface area contributed by atoms with Crippen LogP contribution in [0.2, 0.25) is 11.1 Å². The van der Waals surface area contributed by atoms with Crippen LogP contribution in [0.4, 0.5) is 0 Å². The lowest BCUT2D eigenvalue weighted by Crippen LogP contribution is -2.64. The number of aliphatic hydroxyl groups is 1. The van der Waals surface area contributed by atoms with E-state index in [9.17, 15) is 5.11 Å². The Morgan fingerprint density at radius 2 is 1.50 bits per heavy atom. The highest BCUT2D eigenvalue weighted by Crippen LogP contribution is 2.38. The summed E-state index contributed by atoms with van der Waals surface area (Å²) in [6, 6.07) is -0.461. The van der Waals surface area contributed by atoms with Gasteiger partial charge in [-0.15, -0.1) is 0 Å². The molecule has 0 bridgehead atoms. The zero-order chi connectivity index (χ0) is 24.3. The first-order valence-electron chi connectivity index (χ1n) is 13.1. The van der Waals surface area contributed by atoms with Crippen LogP contribution in [-0.2, 0) is 13.9 Å². The van der Waals surface area contributed by atoms with Gasteiger partial charge in [-0.1, -0.05) is 86.0 Å². The maximum absolute atomic E-state index is 10.6. The average molecular weight is 475 g/mol. The van der Waals surface area contributed by atoms with Gasteiger partial charge in [0.2, 0.25) is 8.32 Å². The van der Waals surface area contributed by atoms with E-state index < -0.39 is 26.6 Å². The first kappa shape index (κ1) is 30.0. The van der Waals surface area contributed by atoms with Crippen molar-refractivity contribution in [3.8, 4) is 0 Å². The van der Waals surface area contributed by atoms with Crippen molar-refractivity contribution in [2.45, 2.75) is 147 Å². The number of nitrogens with two attached hydrogens (primary N) is 2. The molecule has 6 nitrogen and oxygen atoms in total. The Balaban J connectivity index is 2.71. The monoisotopic (exact) mass is 474 g/mol. The van der Waals surface area contributed by atoms with Gasteiger partial charge in [-0.2, -0.15) is 0 Å². The van der Waals surface area contributed by atoms with E-state index >= 15 is 0 Å². The molecule has 6 atom stereocenters. The molecule has 0 amide bonds. The molecule has 5 N–H and O–H groups in total. The molecule has 1 fully saturated rings. The topological polar surface area (TPSA) is 100.0 Å². The van der Waals surface area contributed by atoms with Gasteiger partial charge in [0.25, 0.3) is 0 Å². The number of hydrogen-bond acceptors (Lipinski definition) is 6. The van der Waals surface area contributed by atoms with Crippen molar-refractivity contribution in [3.05, 3.63) is 0 Å². The third-order valence-corrected chi connectivity index (χ3v) is 13.3. The fraction of sp³-hybridized carbons (Fsp3) is 1.00. The smallest absolute Gasteiger partial charge is 0.214 e. The minimum Gasteiger partial charge on any atom is -0.412 e. The highest BCUT2D eigenvalue weighted by molar-refractivity contribution is 6.77. The molecule has 192 valence electrons. The molecular weight excluding hydrogens is 420 g/mol. The summed E-state index contributed by atoms with van der Waals surface area (Å²) in [5.41, 5.74) is 13.8. The summed E-state index contributed by atoms with van der Waals surface area (Å²) in [6.07, 6.45) is 9.60. The Labute approximate surface area is 199 Å². The standard InChI is InChI=1S/C25H54N2O4Si/c1-8-9-10-11-12-13-14-15-16-22(26)32(18(2)3,19(4)5)30-17-21-25(29-7)24(28)23(27)20(6)31-21/h18-25,28H,8-17,26-27H2,1-7H3/t20-,21?,22?,23?,24+,25+/m0/s1. The van der Waals surface area contributed by atoms with E-state index in [1.807, 2.05) is 6.92 Å². The van der Waals surface area contributed by atoms with Crippen LogP contribution in [-0.4, -0.2) is 63.3 Å². The quantitative estimate of drug-likeness (QED) is 0.222. The van der Waals surface area contributed by atoms with Gasteiger partial charge in [0.15, 0.2) is 0 Å². The van der Waals surface area contributed by atoms with Gasteiger partial charge in [0.05, 0.1) is 18.8 Å². The predicted molar refractivity (Wildman–Crippen MR) is 136 cm³/mol. The van der Waals surface area contributed by atoms with E-state index in [-0.39, 0.29) is 17.9 Å². The van der Waals surface area contributed by atoms with Gasteiger partial charge in [-0.25, -0.2) is 0 Å². The normalized spacial score (nSPS) is 27.9. The molecule has 0 saturated carbocycles. The van der Waals surface area contributed by atoms with Crippen LogP contribution in [0.1, 0.15) is 99.3 Å². The van der Waals surface area contributed by atoms with Crippen molar-refractivity contribution in [2.75, 3.05) is 13.7 Å². The van der Waals surface area contributed by atoms with E-state index in [0.29, 0.717) is 17.7 Å². The zero-order valence-corrected chi connectivity index (χ0v) is 23.0. The fourth-order valence-electron chi connectivity index (χ4n) is 5.50. The minimum absolute atomic E-state index is 0.0804. The summed E-state index contributed by atoms with van der Waals surface area (Å²) in [6.45, 7) is 13.6. The molecular formula is C25H54N2O4Si. The van der Waals surface area contributed by atoms with E-state index in [1.165, 1.54) is 44.9 Å². The second kappa shape index (κ2) is 15.1. The van der Waals surface area contributed by atoms with Crippen LogP contribution in [0.3, 0.4) is 0 Å². The number of rotatable bonds is 16. The lowest BCUT2D eigenvalue weighted by Gasteiger charge is -2.46. The molecule has 0 aromatic carbocycles. The maximum atomic E-state index is 10.6. The molecule has 7 heteroatoms. The molecule has 1 saturated heterocycles. The number of ether oxygens (including phenoxy) is 2. The SMILES string of the molecule is CCCCCCCCCCC(N)[Si](OCC1O[C@@H](C)C(N)[C@@H](O)[C@@H]1OC)(C(C)C)C(C)C. The van der Waals surface area contributed by atoms with Gasteiger partial charge in [0, 0.05) is 12.8 Å². The van der Waals surface area contributed by atoms with E-state index in [4.69, 9.17) is 25.4 Å². The van der Waals surface area contributed by atoms with Gasteiger partial charge >= 0.3 is 0 Å². The molecule has 32 heavy (non-hydrogen) atoms. The van der Waals surface area contributed by atoms with Crippen molar-refractivity contribution in [1.29, 1.82) is 0 Å². The summed E-state index contributed by atoms with van der Waals surface area (Å²) in [5.74, 6) is 0. The summed E-state index contributed by atoms with van der Waals surface area (Å²) >= 11 is 0. The number of unbranched alkanes of at least 4 members (excludes halogenated alkanes) is 7. The van der Waals surface area contributed by atoms with Gasteiger partial charge < -0.3 is 30.5 Å². The fourth-order valence-corrected chi connectivity index (χ4v) is 10.5. The van der Waals surface area contributed by atoms with Crippen LogP contribution in [0.25, 0.3) is 0 Å². The Bertz CT molecular complexity index is 487. The maximum Gasteiger partial charge on any atom is 0.214 e. The third kappa shape index (κ3) is 8.03. The van der Waals surface area contributed by atoms with Crippen molar-refractivity contribution in [2.24, 2.45) is 11.5 Å². The highest BCUT2D eigenvalue weighted by atomic mass is 28.4. The third-order valence-electron chi connectivity index (χ3n) is 7.55. The first-order valence-corrected chi connectivity index (χ1v) is 15.3. The van der Waals surface area contributed by atoms with Gasteiger partial charge in [0.1, 0.15) is 18.3 Å². The second-order valence-corrected chi connectivity index (χ2v) is 15.5. The minimum atomic E-state index is -2.30. The number of methoxy groups -OCH3 is 1. The van der Waals surface area contributed by atoms with Crippen molar-refractivity contribution in [3.63, 3.8) is 0 Å². The van der Waals surface area contributed by atoms with E-state index in [2.05, 4.69) is 34.6 Å². The van der Waals surface area contributed by atoms with Crippen LogP contribution < -0.4 is 11.5 Å². The van der Waals surface area contributed by atoms with E-state index in [1.54, 1.807) is 7.11 Å². The molecule has 0 spiro atoms. The van der Waals surface area contributed by atoms with Crippen LogP contribution >= 0.6 is 0 Å². The van der Waals surface area contributed by atoms with Crippen LogP contribution in [0.15, 0.2) is 0 Å². The van der Waals surface area contributed by atoms with Gasteiger partial charge in [-0.3, -0.25) is 0 Å². The summed E-state index contributed by atoms with van der Waals surface area (Å²) < 4.78 is 18.5. The lowest BCUT2D eigenvalue weighted by atomic mass is 9.94. The molecule has 1 aliphatic rings. The first-order chi connectivity index (χ1) is 15.1. The molecule has 1 aliphatic heterocycles.